The fourth-order valence-electron chi connectivity index (χ4n) is 1.72. The van der Waals surface area contributed by atoms with E-state index >= 15 is 0 Å². The highest BCUT2D eigenvalue weighted by molar-refractivity contribution is 5.71. The Bertz CT molecular complexity index is 626. The molecule has 26 heavy (non-hydrogen) atoms. The maximum Gasteiger partial charge on any atom is 0.308 e. The van der Waals surface area contributed by atoms with Crippen LogP contribution in [0.2, 0.25) is 0 Å². The molecular formula is C20H28F2O4. The number of carbonyl (C=O) groups excluding carboxylic acids is 2. The minimum atomic E-state index is -0.882. The van der Waals surface area contributed by atoms with Gasteiger partial charge in [0, 0.05) is 12.8 Å². The zero-order chi connectivity index (χ0) is 20.3. The summed E-state index contributed by atoms with van der Waals surface area (Å²) in [6, 6.07) is 3.72. The van der Waals surface area contributed by atoms with Crippen molar-refractivity contribution in [3.63, 3.8) is 0 Å². The van der Waals surface area contributed by atoms with Gasteiger partial charge in [-0.2, -0.15) is 0 Å². The number of halogens is 2. The minimum Gasteiger partial charge on any atom is -0.465 e. The van der Waals surface area contributed by atoms with Crippen LogP contribution >= 0.6 is 0 Å². The molecule has 0 fully saturated rings. The van der Waals surface area contributed by atoms with Crippen molar-refractivity contribution >= 4 is 11.9 Å². The molecule has 0 saturated carbocycles. The van der Waals surface area contributed by atoms with Gasteiger partial charge >= 0.3 is 11.9 Å². The molecule has 1 rings (SSSR count). The second-order valence-electron chi connectivity index (χ2n) is 6.01. The van der Waals surface area contributed by atoms with Crippen LogP contribution < -0.4 is 0 Å². The van der Waals surface area contributed by atoms with Gasteiger partial charge in [0.25, 0.3) is 0 Å². The van der Waals surface area contributed by atoms with E-state index in [9.17, 15) is 18.4 Å². The van der Waals surface area contributed by atoms with Gasteiger partial charge in [-0.15, -0.1) is 0 Å². The van der Waals surface area contributed by atoms with Crippen molar-refractivity contribution in [2.45, 2.75) is 53.9 Å². The summed E-state index contributed by atoms with van der Waals surface area (Å²) in [7, 11) is 0. The largest absolute Gasteiger partial charge is 0.465 e. The molecule has 0 bridgehead atoms. The van der Waals surface area contributed by atoms with Gasteiger partial charge in [0.1, 0.15) is 5.76 Å². The van der Waals surface area contributed by atoms with Gasteiger partial charge in [-0.05, 0) is 44.0 Å². The third kappa shape index (κ3) is 9.30. The van der Waals surface area contributed by atoms with E-state index < -0.39 is 11.6 Å². The standard InChI is InChI=1S/C14H18F2O2.C6H10O2/c1-4-9(2)14(17)18-8-10(3)11-5-6-12(15)13(16)7-11;1-4-5(2)8-6(3)7/h5-7,9-10H,4,8H2,1-3H3;4H,1-3H3/b;5-4+/t9?,10-;/m1./s1. The third-order valence-electron chi connectivity index (χ3n) is 3.71. The molecule has 0 radical (unpaired) electrons. The lowest BCUT2D eigenvalue weighted by atomic mass is 10.0. The molecule has 0 aliphatic rings. The topological polar surface area (TPSA) is 52.6 Å². The third-order valence-corrected chi connectivity index (χ3v) is 3.71. The zero-order valence-electron chi connectivity index (χ0n) is 16.3. The molecule has 0 spiro atoms. The Balaban J connectivity index is 0.000000660. The number of carbonyl (C=O) groups is 2. The van der Waals surface area contributed by atoms with Crippen molar-refractivity contribution in [1.82, 2.24) is 0 Å². The van der Waals surface area contributed by atoms with Crippen LogP contribution in [-0.4, -0.2) is 18.5 Å². The van der Waals surface area contributed by atoms with Gasteiger partial charge in [0.15, 0.2) is 11.6 Å². The van der Waals surface area contributed by atoms with Crippen LogP contribution in [0.25, 0.3) is 0 Å². The monoisotopic (exact) mass is 370 g/mol. The van der Waals surface area contributed by atoms with Crippen molar-refractivity contribution in [2.24, 2.45) is 5.92 Å². The average Bonchev–Trinajstić information content (AvgIpc) is 2.60. The second kappa shape index (κ2) is 12.2. The van der Waals surface area contributed by atoms with Gasteiger partial charge in [-0.3, -0.25) is 9.59 Å². The minimum absolute atomic E-state index is 0.137. The van der Waals surface area contributed by atoms with Crippen molar-refractivity contribution < 1.29 is 27.8 Å². The van der Waals surface area contributed by atoms with Crippen molar-refractivity contribution in [3.05, 3.63) is 47.2 Å². The summed E-state index contributed by atoms with van der Waals surface area (Å²) >= 11 is 0. The van der Waals surface area contributed by atoms with E-state index in [1.54, 1.807) is 26.8 Å². The van der Waals surface area contributed by atoms with E-state index in [4.69, 9.17) is 4.74 Å². The summed E-state index contributed by atoms with van der Waals surface area (Å²) in [5.41, 5.74) is 0.617. The molecule has 0 heterocycles. The smallest absolute Gasteiger partial charge is 0.308 e. The fourth-order valence-corrected chi connectivity index (χ4v) is 1.72. The molecule has 4 nitrogen and oxygen atoms in total. The zero-order valence-corrected chi connectivity index (χ0v) is 16.3. The molecule has 0 amide bonds. The Morgan fingerprint density at radius 2 is 1.77 bits per heavy atom. The van der Waals surface area contributed by atoms with Crippen molar-refractivity contribution in [1.29, 1.82) is 0 Å². The first kappa shape index (κ1) is 23.8. The lowest BCUT2D eigenvalue weighted by Crippen LogP contribution is -2.17. The summed E-state index contributed by atoms with van der Waals surface area (Å²) in [5.74, 6) is -1.92. The normalized spacial score (nSPS) is 13.2. The van der Waals surface area contributed by atoms with Gasteiger partial charge in [-0.25, -0.2) is 8.78 Å². The highest BCUT2D eigenvalue weighted by atomic mass is 19.2. The second-order valence-corrected chi connectivity index (χ2v) is 6.01. The van der Waals surface area contributed by atoms with E-state index in [-0.39, 0.29) is 30.4 Å². The summed E-state index contributed by atoms with van der Waals surface area (Å²) < 4.78 is 35.6. The summed E-state index contributed by atoms with van der Waals surface area (Å²) in [6.45, 7) is 10.6. The molecule has 1 aromatic carbocycles. The summed E-state index contributed by atoms with van der Waals surface area (Å²) in [6.07, 6.45) is 2.46. The number of hydrogen-bond donors (Lipinski definition) is 0. The highest BCUT2D eigenvalue weighted by Gasteiger charge is 2.15. The lowest BCUT2D eigenvalue weighted by Gasteiger charge is -2.14. The number of esters is 2. The maximum absolute atomic E-state index is 13.0. The molecule has 6 heteroatoms. The maximum atomic E-state index is 13.0. The predicted octanol–water partition coefficient (Wildman–Crippen LogP) is 5.13. The molecule has 1 aromatic rings. The SMILES string of the molecule is C/C=C(\C)OC(C)=O.CCC(C)C(=O)OC[C@@H](C)c1ccc(F)c(F)c1. The molecular weight excluding hydrogens is 342 g/mol. The predicted molar refractivity (Wildman–Crippen MR) is 96.4 cm³/mol. The Kier molecular flexibility index (Phi) is 11.1. The van der Waals surface area contributed by atoms with Crippen LogP contribution in [0.5, 0.6) is 0 Å². The van der Waals surface area contributed by atoms with Gasteiger partial charge in [0.05, 0.1) is 12.5 Å². The van der Waals surface area contributed by atoms with E-state index in [2.05, 4.69) is 4.74 Å². The first-order valence-electron chi connectivity index (χ1n) is 8.55. The molecule has 0 aromatic heterocycles. The number of hydrogen-bond acceptors (Lipinski definition) is 4. The fraction of sp³-hybridized carbons (Fsp3) is 0.500. The van der Waals surface area contributed by atoms with Crippen molar-refractivity contribution in [3.8, 4) is 0 Å². The first-order chi connectivity index (χ1) is 12.1. The molecule has 2 atom stereocenters. The van der Waals surface area contributed by atoms with Crippen LogP contribution in [0.15, 0.2) is 30.0 Å². The molecule has 146 valence electrons. The van der Waals surface area contributed by atoms with Crippen LogP contribution in [0, 0.1) is 17.6 Å². The Morgan fingerprint density at radius 3 is 2.19 bits per heavy atom. The Hall–Kier alpha value is -2.24. The van der Waals surface area contributed by atoms with Gasteiger partial charge in [-0.1, -0.05) is 26.8 Å². The molecule has 0 aliphatic carbocycles. The van der Waals surface area contributed by atoms with Crippen LogP contribution in [0.3, 0.4) is 0 Å². The van der Waals surface area contributed by atoms with Crippen LogP contribution in [-0.2, 0) is 19.1 Å². The quantitative estimate of drug-likeness (QED) is 0.514. The Morgan fingerprint density at radius 1 is 1.15 bits per heavy atom. The summed E-state index contributed by atoms with van der Waals surface area (Å²) in [4.78, 5) is 21.6. The van der Waals surface area contributed by atoms with E-state index in [1.165, 1.54) is 13.0 Å². The highest BCUT2D eigenvalue weighted by Crippen LogP contribution is 2.19. The van der Waals surface area contributed by atoms with E-state index in [0.29, 0.717) is 11.3 Å². The van der Waals surface area contributed by atoms with E-state index in [0.717, 1.165) is 18.6 Å². The number of rotatable bonds is 6. The lowest BCUT2D eigenvalue weighted by molar-refractivity contribution is -0.148. The Labute approximate surface area is 154 Å². The number of allylic oxidation sites excluding steroid dienone is 2. The molecule has 0 aliphatic heterocycles. The average molecular weight is 370 g/mol. The molecule has 1 unspecified atom stereocenters. The van der Waals surface area contributed by atoms with Crippen LogP contribution in [0.4, 0.5) is 8.78 Å². The number of benzene rings is 1. The van der Waals surface area contributed by atoms with Crippen molar-refractivity contribution in [2.75, 3.05) is 6.61 Å². The number of ether oxygens (including phenoxy) is 2. The summed E-state index contributed by atoms with van der Waals surface area (Å²) in [5, 5.41) is 0. The van der Waals surface area contributed by atoms with E-state index in [1.807, 2.05) is 13.8 Å². The molecule has 0 saturated heterocycles. The van der Waals surface area contributed by atoms with Crippen LogP contribution in [0.1, 0.15) is 59.4 Å². The first-order valence-corrected chi connectivity index (χ1v) is 8.55. The van der Waals surface area contributed by atoms with Gasteiger partial charge in [0.2, 0.25) is 0 Å². The van der Waals surface area contributed by atoms with Gasteiger partial charge < -0.3 is 9.47 Å². The molecule has 0 N–H and O–H groups in total.